The molecule has 0 spiro atoms. The normalized spacial score (nSPS) is 14.8. The largest absolute Gasteiger partial charge is 0.320 e. The van der Waals surface area contributed by atoms with Gasteiger partial charge in [-0.1, -0.05) is 17.8 Å². The average molecular weight is 497 g/mol. The standard InChI is InChI=1S/C22H12F5NO3S2/c23-11-6-17(26)13(18(27)7-11)9-21-22(29)28-19-8-12(4-5-20(19)32-21)33(30,31)10-14-15(24)2-1-3-16(14)25/h1-9H,10H2,(H,28,29). The third-order valence-electron chi connectivity index (χ3n) is 4.72. The number of nitrogens with one attached hydrogen (secondary N) is 1. The number of carbonyl (C=O) groups excluding carboxylic acids is 1. The van der Waals surface area contributed by atoms with Gasteiger partial charge >= 0.3 is 0 Å². The highest BCUT2D eigenvalue weighted by Gasteiger charge is 2.26. The molecule has 0 aromatic heterocycles. The van der Waals surface area contributed by atoms with Crippen molar-refractivity contribution in [1.29, 1.82) is 0 Å². The molecule has 11 heteroatoms. The second-order valence-corrected chi connectivity index (χ2v) is 10.0. The van der Waals surface area contributed by atoms with Crippen LogP contribution >= 0.6 is 11.8 Å². The van der Waals surface area contributed by atoms with Gasteiger partial charge in [-0.3, -0.25) is 4.79 Å². The van der Waals surface area contributed by atoms with Crippen LogP contribution < -0.4 is 5.32 Å². The number of halogens is 5. The first-order valence-corrected chi connectivity index (χ1v) is 11.7. The highest BCUT2D eigenvalue weighted by molar-refractivity contribution is 8.04. The second-order valence-electron chi connectivity index (χ2n) is 6.97. The van der Waals surface area contributed by atoms with E-state index in [2.05, 4.69) is 5.32 Å². The van der Waals surface area contributed by atoms with Crippen LogP contribution in [0.2, 0.25) is 0 Å². The maximum atomic E-state index is 13.9. The van der Waals surface area contributed by atoms with Gasteiger partial charge in [0.2, 0.25) is 0 Å². The molecule has 3 aromatic rings. The van der Waals surface area contributed by atoms with Crippen molar-refractivity contribution in [2.45, 2.75) is 15.5 Å². The highest BCUT2D eigenvalue weighted by Crippen LogP contribution is 2.40. The lowest BCUT2D eigenvalue weighted by Gasteiger charge is -2.19. The molecule has 3 aromatic carbocycles. The molecule has 1 N–H and O–H groups in total. The number of rotatable bonds is 4. The van der Waals surface area contributed by atoms with Crippen LogP contribution in [0.5, 0.6) is 0 Å². The Morgan fingerprint density at radius 3 is 2.15 bits per heavy atom. The first kappa shape index (κ1) is 23.0. The van der Waals surface area contributed by atoms with Crippen molar-refractivity contribution in [2.75, 3.05) is 5.32 Å². The maximum absolute atomic E-state index is 13.9. The number of thioether (sulfide) groups is 1. The van der Waals surface area contributed by atoms with Crippen LogP contribution in [0.1, 0.15) is 11.1 Å². The number of fused-ring (bicyclic) bond motifs is 1. The predicted molar refractivity (Wildman–Crippen MR) is 112 cm³/mol. The molecule has 0 aliphatic carbocycles. The lowest BCUT2D eigenvalue weighted by molar-refractivity contribution is -0.112. The van der Waals surface area contributed by atoms with Gasteiger partial charge in [0.25, 0.3) is 5.91 Å². The lowest BCUT2D eigenvalue weighted by atomic mass is 10.1. The van der Waals surface area contributed by atoms with Crippen molar-refractivity contribution < 1.29 is 35.2 Å². The van der Waals surface area contributed by atoms with E-state index in [0.717, 1.165) is 42.1 Å². The monoisotopic (exact) mass is 497 g/mol. The first-order chi connectivity index (χ1) is 15.5. The number of hydrogen-bond donors (Lipinski definition) is 1. The van der Waals surface area contributed by atoms with Crippen molar-refractivity contribution in [3.8, 4) is 0 Å². The Labute approximate surface area is 189 Å². The number of benzene rings is 3. The van der Waals surface area contributed by atoms with Gasteiger partial charge in [-0.15, -0.1) is 0 Å². The second kappa shape index (κ2) is 8.64. The van der Waals surface area contributed by atoms with Crippen molar-refractivity contribution in [1.82, 2.24) is 0 Å². The fourth-order valence-corrected chi connectivity index (χ4v) is 5.41. The Bertz CT molecular complexity index is 1390. The van der Waals surface area contributed by atoms with Crippen LogP contribution in [-0.2, 0) is 20.4 Å². The molecule has 1 heterocycles. The summed E-state index contributed by atoms with van der Waals surface area (Å²) in [5.41, 5.74) is -1.12. The van der Waals surface area contributed by atoms with Crippen molar-refractivity contribution in [3.63, 3.8) is 0 Å². The molecular weight excluding hydrogens is 485 g/mol. The first-order valence-electron chi connectivity index (χ1n) is 9.20. The molecule has 0 saturated carbocycles. The van der Waals surface area contributed by atoms with Crippen molar-refractivity contribution in [2.24, 2.45) is 0 Å². The molecule has 1 aliphatic rings. The Hall–Kier alpha value is -3.18. The van der Waals surface area contributed by atoms with E-state index in [4.69, 9.17) is 0 Å². The summed E-state index contributed by atoms with van der Waals surface area (Å²) in [6.45, 7) is 0. The minimum absolute atomic E-state index is 0.0947. The number of sulfone groups is 1. The zero-order valence-electron chi connectivity index (χ0n) is 16.3. The minimum Gasteiger partial charge on any atom is -0.320 e. The molecule has 0 atom stereocenters. The highest BCUT2D eigenvalue weighted by atomic mass is 32.2. The molecular formula is C22H12F5NO3S2. The molecule has 0 unspecified atom stereocenters. The Balaban J connectivity index is 1.65. The topological polar surface area (TPSA) is 63.2 Å². The molecule has 1 aliphatic heterocycles. The Kier molecular flexibility index (Phi) is 6.02. The summed E-state index contributed by atoms with van der Waals surface area (Å²) in [5, 5.41) is 2.42. The summed E-state index contributed by atoms with van der Waals surface area (Å²) in [6, 6.07) is 7.61. The summed E-state index contributed by atoms with van der Waals surface area (Å²) in [4.78, 5) is 12.4. The molecule has 1 amide bonds. The van der Waals surface area contributed by atoms with Crippen LogP contribution in [-0.4, -0.2) is 14.3 Å². The summed E-state index contributed by atoms with van der Waals surface area (Å²) < 4.78 is 94.1. The number of hydrogen-bond acceptors (Lipinski definition) is 4. The zero-order valence-corrected chi connectivity index (χ0v) is 18.0. The molecule has 170 valence electrons. The fraction of sp³-hybridized carbons (Fsp3) is 0.0455. The van der Waals surface area contributed by atoms with E-state index in [1.807, 2.05) is 0 Å². The van der Waals surface area contributed by atoms with Crippen LogP contribution in [0.25, 0.3) is 6.08 Å². The minimum atomic E-state index is -4.18. The molecule has 33 heavy (non-hydrogen) atoms. The van der Waals surface area contributed by atoms with E-state index in [1.165, 1.54) is 12.1 Å². The van der Waals surface area contributed by atoms with E-state index < -0.39 is 61.7 Å². The van der Waals surface area contributed by atoms with Crippen LogP contribution in [0.15, 0.2) is 63.2 Å². The van der Waals surface area contributed by atoms with Gasteiger partial charge < -0.3 is 5.32 Å². The Morgan fingerprint density at radius 2 is 1.52 bits per heavy atom. The van der Waals surface area contributed by atoms with Gasteiger partial charge in [-0.25, -0.2) is 30.4 Å². The number of anilines is 1. The van der Waals surface area contributed by atoms with Gasteiger partial charge in [-0.05, 0) is 36.4 Å². The lowest BCUT2D eigenvalue weighted by Crippen LogP contribution is -2.18. The van der Waals surface area contributed by atoms with Gasteiger partial charge in [0, 0.05) is 28.2 Å². The number of amides is 1. The van der Waals surface area contributed by atoms with E-state index in [1.54, 1.807) is 0 Å². The van der Waals surface area contributed by atoms with E-state index in [-0.39, 0.29) is 15.5 Å². The summed E-state index contributed by atoms with van der Waals surface area (Å²) in [7, 11) is -4.18. The van der Waals surface area contributed by atoms with E-state index in [9.17, 15) is 35.2 Å². The van der Waals surface area contributed by atoms with Crippen molar-refractivity contribution >= 4 is 39.3 Å². The molecule has 0 saturated heterocycles. The molecule has 0 fully saturated rings. The third-order valence-corrected chi connectivity index (χ3v) is 7.46. The quantitative estimate of drug-likeness (QED) is 0.385. The maximum Gasteiger partial charge on any atom is 0.262 e. The van der Waals surface area contributed by atoms with Gasteiger partial charge in [-0.2, -0.15) is 0 Å². The predicted octanol–water partition coefficient (Wildman–Crippen LogP) is 5.44. The zero-order chi connectivity index (χ0) is 23.9. The smallest absolute Gasteiger partial charge is 0.262 e. The number of carbonyl (C=O) groups is 1. The molecule has 4 rings (SSSR count). The summed E-state index contributed by atoms with van der Waals surface area (Å²) >= 11 is 0.817. The SMILES string of the molecule is O=C1Nc2cc(S(=O)(=O)Cc3c(F)cccc3F)ccc2SC1=Cc1c(F)cc(F)cc1F. The third kappa shape index (κ3) is 4.64. The van der Waals surface area contributed by atoms with Crippen LogP contribution in [0.4, 0.5) is 27.6 Å². The Morgan fingerprint density at radius 1 is 0.879 bits per heavy atom. The summed E-state index contributed by atoms with van der Waals surface area (Å²) in [5.74, 6) is -7.21. The fourth-order valence-electron chi connectivity index (χ4n) is 3.10. The van der Waals surface area contributed by atoms with Crippen LogP contribution in [0.3, 0.4) is 0 Å². The van der Waals surface area contributed by atoms with E-state index in [0.29, 0.717) is 17.0 Å². The van der Waals surface area contributed by atoms with Crippen LogP contribution in [0, 0.1) is 29.1 Å². The van der Waals surface area contributed by atoms with E-state index >= 15 is 0 Å². The molecule has 0 bridgehead atoms. The van der Waals surface area contributed by atoms with Crippen molar-refractivity contribution in [3.05, 3.63) is 93.6 Å². The van der Waals surface area contributed by atoms with Gasteiger partial charge in [0.05, 0.1) is 21.2 Å². The average Bonchev–Trinajstić information content (AvgIpc) is 2.73. The van der Waals surface area contributed by atoms with Gasteiger partial charge in [0.15, 0.2) is 9.84 Å². The van der Waals surface area contributed by atoms with Gasteiger partial charge in [0.1, 0.15) is 29.1 Å². The molecule has 0 radical (unpaired) electrons. The summed E-state index contributed by atoms with van der Waals surface area (Å²) in [6.07, 6.45) is 0.915. The molecule has 4 nitrogen and oxygen atoms in total.